The lowest BCUT2D eigenvalue weighted by atomic mass is 9.49. The number of phenolic OH excluding ortho intramolecular Hbond substituents is 1. The number of terminal acetylenes is 1. The predicted molar refractivity (Wildman–Crippen MR) is 85.9 cm³/mol. The summed E-state index contributed by atoms with van der Waals surface area (Å²) in [7, 11) is 0. The van der Waals surface area contributed by atoms with Gasteiger partial charge in [0.05, 0.1) is 17.6 Å². The van der Waals surface area contributed by atoms with Crippen LogP contribution in [-0.4, -0.2) is 51.7 Å². The number of aliphatic hydroxyl groups is 1. The van der Waals surface area contributed by atoms with E-state index < -0.39 is 17.1 Å². The van der Waals surface area contributed by atoms with Gasteiger partial charge in [-0.05, 0) is 30.9 Å². The van der Waals surface area contributed by atoms with Crippen LogP contribution < -0.4 is 4.74 Å². The van der Waals surface area contributed by atoms with Crippen molar-refractivity contribution in [2.45, 2.75) is 48.8 Å². The van der Waals surface area contributed by atoms with Crippen LogP contribution in [0.5, 0.6) is 11.5 Å². The number of ketones is 1. The minimum absolute atomic E-state index is 0.0206. The maximum Gasteiger partial charge on any atom is 0.174 e. The van der Waals surface area contributed by atoms with Crippen LogP contribution in [0.2, 0.25) is 0 Å². The minimum atomic E-state index is -1.05. The number of Topliss-reactive ketones (excluding diaryl/α,β-unsaturated/α-hetero) is 1. The molecule has 2 N–H and O–H groups in total. The number of benzene rings is 1. The second-order valence-corrected chi connectivity index (χ2v) is 7.45. The Balaban J connectivity index is 1.80. The number of phenols is 1. The number of piperidine rings is 1. The lowest BCUT2D eigenvalue weighted by Gasteiger charge is -2.62. The normalized spacial score (nSPS) is 39.1. The Morgan fingerprint density at radius 3 is 3.04 bits per heavy atom. The molecule has 5 heteroatoms. The van der Waals surface area contributed by atoms with Gasteiger partial charge < -0.3 is 14.9 Å². The molecule has 124 valence electrons. The van der Waals surface area contributed by atoms with Crippen LogP contribution in [0, 0.1) is 12.3 Å². The number of likely N-dealkylation sites (tertiary alicyclic amines) is 1. The fourth-order valence-electron chi connectivity index (χ4n) is 5.72. The van der Waals surface area contributed by atoms with E-state index in [1.807, 2.05) is 6.07 Å². The Bertz CT molecular complexity index is 812. The Labute approximate surface area is 140 Å². The van der Waals surface area contributed by atoms with E-state index in [0.717, 1.165) is 17.7 Å². The number of hydrogen-bond acceptors (Lipinski definition) is 5. The van der Waals surface area contributed by atoms with E-state index in [2.05, 4.69) is 10.8 Å². The van der Waals surface area contributed by atoms with Gasteiger partial charge in [-0.25, -0.2) is 0 Å². The zero-order valence-corrected chi connectivity index (χ0v) is 13.3. The second-order valence-electron chi connectivity index (χ2n) is 7.45. The summed E-state index contributed by atoms with van der Waals surface area (Å²) in [5.74, 6) is 3.17. The fourth-order valence-corrected chi connectivity index (χ4v) is 5.72. The van der Waals surface area contributed by atoms with Crippen molar-refractivity contribution in [1.29, 1.82) is 0 Å². The molecular formula is C19H19NO4. The van der Waals surface area contributed by atoms with E-state index in [1.165, 1.54) is 0 Å². The summed E-state index contributed by atoms with van der Waals surface area (Å²) in [5.41, 5.74) is 0.114. The van der Waals surface area contributed by atoms with Gasteiger partial charge in [0.15, 0.2) is 23.4 Å². The number of ether oxygens (including phenoxy) is 1. The van der Waals surface area contributed by atoms with Gasteiger partial charge >= 0.3 is 0 Å². The number of carbonyl (C=O) groups excluding carboxylic acids is 1. The molecule has 1 saturated carbocycles. The molecule has 0 radical (unpaired) electrons. The van der Waals surface area contributed by atoms with Gasteiger partial charge in [0.2, 0.25) is 0 Å². The number of carbonyl (C=O) groups is 1. The first-order chi connectivity index (χ1) is 11.5. The van der Waals surface area contributed by atoms with Gasteiger partial charge in [-0.3, -0.25) is 9.69 Å². The molecule has 2 aliphatic heterocycles. The van der Waals surface area contributed by atoms with Crippen molar-refractivity contribution in [3.63, 3.8) is 0 Å². The van der Waals surface area contributed by atoms with Crippen LogP contribution in [0.3, 0.4) is 0 Å². The van der Waals surface area contributed by atoms with E-state index in [4.69, 9.17) is 11.2 Å². The first-order valence-electron chi connectivity index (χ1n) is 8.47. The third-order valence-corrected chi connectivity index (χ3v) is 6.66. The lowest BCUT2D eigenvalue weighted by Crippen LogP contribution is -2.76. The Kier molecular flexibility index (Phi) is 2.58. The van der Waals surface area contributed by atoms with Crippen molar-refractivity contribution in [3.05, 3.63) is 23.3 Å². The van der Waals surface area contributed by atoms with Gasteiger partial charge in [0.25, 0.3) is 0 Å². The van der Waals surface area contributed by atoms with Crippen molar-refractivity contribution in [2.75, 3.05) is 13.1 Å². The molecule has 2 heterocycles. The zero-order chi connectivity index (χ0) is 16.7. The molecule has 24 heavy (non-hydrogen) atoms. The highest BCUT2D eigenvalue weighted by Crippen LogP contribution is 2.64. The largest absolute Gasteiger partial charge is 0.504 e. The van der Waals surface area contributed by atoms with Gasteiger partial charge in [-0.2, -0.15) is 0 Å². The minimum Gasteiger partial charge on any atom is -0.504 e. The van der Waals surface area contributed by atoms with E-state index in [0.29, 0.717) is 38.0 Å². The molecule has 1 unspecified atom stereocenters. The molecule has 2 aliphatic carbocycles. The van der Waals surface area contributed by atoms with E-state index in [1.54, 1.807) is 6.07 Å². The molecule has 4 aliphatic rings. The summed E-state index contributed by atoms with van der Waals surface area (Å²) in [5, 5.41) is 22.1. The van der Waals surface area contributed by atoms with Gasteiger partial charge in [0.1, 0.15) is 0 Å². The second kappa shape index (κ2) is 4.33. The van der Waals surface area contributed by atoms with E-state index >= 15 is 0 Å². The topological polar surface area (TPSA) is 70.0 Å². The summed E-state index contributed by atoms with van der Waals surface area (Å²) in [6.07, 6.45) is 6.82. The van der Waals surface area contributed by atoms with Crippen molar-refractivity contribution in [2.24, 2.45) is 0 Å². The fraction of sp³-hybridized carbons (Fsp3) is 0.526. The van der Waals surface area contributed by atoms with Crippen LogP contribution in [0.25, 0.3) is 0 Å². The molecule has 0 aromatic heterocycles. The van der Waals surface area contributed by atoms with E-state index in [9.17, 15) is 15.0 Å². The summed E-state index contributed by atoms with van der Waals surface area (Å²) >= 11 is 0. The summed E-state index contributed by atoms with van der Waals surface area (Å²) < 4.78 is 5.96. The molecule has 2 bridgehead atoms. The molecule has 1 aromatic rings. The van der Waals surface area contributed by atoms with Crippen LogP contribution >= 0.6 is 0 Å². The Hall–Kier alpha value is -2.03. The van der Waals surface area contributed by atoms with Crippen LogP contribution in [0.1, 0.15) is 30.4 Å². The lowest BCUT2D eigenvalue weighted by molar-refractivity contribution is -0.186. The Morgan fingerprint density at radius 1 is 1.42 bits per heavy atom. The average Bonchev–Trinajstić information content (AvgIpc) is 2.91. The predicted octanol–water partition coefficient (Wildman–Crippen LogP) is 0.749. The molecular weight excluding hydrogens is 306 g/mol. The highest BCUT2D eigenvalue weighted by Gasteiger charge is 2.73. The molecule has 1 spiro atoms. The maximum atomic E-state index is 12.6. The van der Waals surface area contributed by atoms with Crippen LogP contribution in [-0.2, 0) is 16.6 Å². The first-order valence-corrected chi connectivity index (χ1v) is 8.47. The van der Waals surface area contributed by atoms with Crippen LogP contribution in [0.15, 0.2) is 12.1 Å². The van der Waals surface area contributed by atoms with Gasteiger partial charge in [0, 0.05) is 24.6 Å². The number of rotatable bonds is 1. The molecule has 1 saturated heterocycles. The van der Waals surface area contributed by atoms with Gasteiger partial charge in [-0.1, -0.05) is 12.0 Å². The zero-order valence-electron chi connectivity index (χ0n) is 13.3. The first kappa shape index (κ1) is 14.3. The molecule has 5 rings (SSSR count). The van der Waals surface area contributed by atoms with Crippen LogP contribution in [0.4, 0.5) is 0 Å². The van der Waals surface area contributed by atoms with Crippen molar-refractivity contribution >= 4 is 5.78 Å². The third kappa shape index (κ3) is 1.35. The maximum absolute atomic E-state index is 12.6. The molecule has 4 atom stereocenters. The summed E-state index contributed by atoms with van der Waals surface area (Å²) in [4.78, 5) is 14.8. The van der Waals surface area contributed by atoms with E-state index in [-0.39, 0.29) is 17.6 Å². The molecule has 0 amide bonds. The summed E-state index contributed by atoms with van der Waals surface area (Å²) in [6, 6.07) is 3.40. The standard InChI is InChI=1S/C19H19NO4/c1-2-8-20-9-7-18-15-11-3-4-12(21)16(15)24-17(18)13(22)5-6-19(18,23)14(20)10-11/h1,3-4,14,17,21,23H,5-10H2/t14-,17?,18+,19-/m1/s1. The highest BCUT2D eigenvalue weighted by atomic mass is 16.5. The third-order valence-electron chi connectivity index (χ3n) is 6.66. The number of hydrogen-bond donors (Lipinski definition) is 2. The number of nitrogens with zero attached hydrogens (tertiary/aromatic N) is 1. The highest BCUT2D eigenvalue weighted by molar-refractivity contribution is 5.90. The monoisotopic (exact) mass is 325 g/mol. The van der Waals surface area contributed by atoms with Crippen molar-refractivity contribution in [1.82, 2.24) is 4.90 Å². The Morgan fingerprint density at radius 2 is 2.25 bits per heavy atom. The molecule has 5 nitrogen and oxygen atoms in total. The molecule has 1 aromatic carbocycles. The SMILES string of the molecule is C#CCN1CC[C@]23c4c5ccc(O)c4OC2C(=O)CC[C@@]3(O)[C@H]1C5. The quantitative estimate of drug-likeness (QED) is 0.746. The van der Waals surface area contributed by atoms with Gasteiger partial charge in [-0.15, -0.1) is 6.42 Å². The van der Waals surface area contributed by atoms with Crippen molar-refractivity contribution in [3.8, 4) is 23.8 Å². The average molecular weight is 325 g/mol. The smallest absolute Gasteiger partial charge is 0.174 e. The molecule has 2 fully saturated rings. The summed E-state index contributed by atoms with van der Waals surface area (Å²) in [6.45, 7) is 1.21. The number of aromatic hydroxyl groups is 1. The van der Waals surface area contributed by atoms with Crippen molar-refractivity contribution < 1.29 is 19.7 Å².